The fraction of sp³-hybridized carbons (Fsp3) is 0.455. The van der Waals surface area contributed by atoms with E-state index in [9.17, 15) is 9.59 Å². The van der Waals surface area contributed by atoms with Crippen LogP contribution in [0.3, 0.4) is 0 Å². The monoisotopic (exact) mass is 241 g/mol. The SMILES string of the molecule is COC(=O)C(C)(C)C(=O)N(C)c1cccs1. The number of methoxy groups -OCH3 is 1. The summed E-state index contributed by atoms with van der Waals surface area (Å²) in [5.41, 5.74) is -1.16. The molecule has 1 amide bonds. The number of esters is 1. The molecular weight excluding hydrogens is 226 g/mol. The largest absolute Gasteiger partial charge is 0.468 e. The molecule has 0 bridgehead atoms. The van der Waals surface area contributed by atoms with Crippen LogP contribution in [-0.2, 0) is 14.3 Å². The van der Waals surface area contributed by atoms with Gasteiger partial charge in [-0.2, -0.15) is 0 Å². The summed E-state index contributed by atoms with van der Waals surface area (Å²) in [6.07, 6.45) is 0. The lowest BCUT2D eigenvalue weighted by molar-refractivity contribution is -0.155. The minimum atomic E-state index is -1.16. The Balaban J connectivity index is 2.90. The normalized spacial score (nSPS) is 11.0. The summed E-state index contributed by atoms with van der Waals surface area (Å²) >= 11 is 1.45. The summed E-state index contributed by atoms with van der Waals surface area (Å²) in [6.45, 7) is 3.12. The number of ether oxygens (including phenoxy) is 1. The van der Waals surface area contributed by atoms with E-state index in [1.54, 1.807) is 20.9 Å². The Labute approximate surface area is 98.8 Å². The number of amides is 1. The molecule has 1 rings (SSSR count). The fourth-order valence-electron chi connectivity index (χ4n) is 1.32. The second-order valence-electron chi connectivity index (χ2n) is 3.93. The van der Waals surface area contributed by atoms with E-state index in [-0.39, 0.29) is 5.91 Å². The summed E-state index contributed by atoms with van der Waals surface area (Å²) in [4.78, 5) is 25.1. The number of carbonyl (C=O) groups is 2. The van der Waals surface area contributed by atoms with Crippen molar-refractivity contribution in [1.29, 1.82) is 0 Å². The van der Waals surface area contributed by atoms with Gasteiger partial charge in [0.05, 0.1) is 12.1 Å². The smallest absolute Gasteiger partial charge is 0.320 e. The van der Waals surface area contributed by atoms with Crippen molar-refractivity contribution >= 4 is 28.2 Å². The highest BCUT2D eigenvalue weighted by Crippen LogP contribution is 2.26. The number of hydrogen-bond donors (Lipinski definition) is 0. The average Bonchev–Trinajstić information content (AvgIpc) is 2.79. The van der Waals surface area contributed by atoms with Gasteiger partial charge in [0.25, 0.3) is 0 Å². The molecule has 0 aliphatic heterocycles. The highest BCUT2D eigenvalue weighted by atomic mass is 32.1. The molecule has 0 fully saturated rings. The van der Waals surface area contributed by atoms with Gasteiger partial charge < -0.3 is 9.64 Å². The summed E-state index contributed by atoms with van der Waals surface area (Å²) < 4.78 is 4.62. The molecule has 0 saturated heterocycles. The number of rotatable bonds is 3. The zero-order valence-corrected chi connectivity index (χ0v) is 10.6. The second kappa shape index (κ2) is 4.65. The van der Waals surface area contributed by atoms with Crippen LogP contribution in [0, 0.1) is 5.41 Å². The Kier molecular flexibility index (Phi) is 3.70. The van der Waals surface area contributed by atoms with Crippen LogP contribution in [-0.4, -0.2) is 26.0 Å². The molecule has 4 nitrogen and oxygen atoms in total. The molecule has 5 heteroatoms. The zero-order chi connectivity index (χ0) is 12.3. The maximum Gasteiger partial charge on any atom is 0.320 e. The van der Waals surface area contributed by atoms with Crippen molar-refractivity contribution in [2.75, 3.05) is 19.1 Å². The van der Waals surface area contributed by atoms with Crippen molar-refractivity contribution in [2.45, 2.75) is 13.8 Å². The lowest BCUT2D eigenvalue weighted by Gasteiger charge is -2.26. The molecule has 1 heterocycles. The molecule has 0 unspecified atom stereocenters. The van der Waals surface area contributed by atoms with Crippen LogP contribution in [0.2, 0.25) is 0 Å². The summed E-state index contributed by atoms with van der Waals surface area (Å²) in [6, 6.07) is 3.69. The van der Waals surface area contributed by atoms with Gasteiger partial charge in [-0.05, 0) is 31.4 Å². The molecule has 0 atom stereocenters. The van der Waals surface area contributed by atoms with E-state index in [0.29, 0.717) is 0 Å². The molecule has 1 aromatic heterocycles. The lowest BCUT2D eigenvalue weighted by atomic mass is 9.92. The van der Waals surface area contributed by atoms with Gasteiger partial charge >= 0.3 is 5.97 Å². The van der Waals surface area contributed by atoms with Crippen molar-refractivity contribution in [1.82, 2.24) is 0 Å². The maximum absolute atomic E-state index is 12.1. The molecule has 0 aliphatic rings. The first-order chi connectivity index (χ1) is 7.41. The van der Waals surface area contributed by atoms with Crippen LogP contribution in [0.1, 0.15) is 13.8 Å². The molecule has 0 saturated carbocycles. The number of anilines is 1. The highest BCUT2D eigenvalue weighted by Gasteiger charge is 2.39. The number of hydrogen-bond acceptors (Lipinski definition) is 4. The Morgan fingerprint density at radius 1 is 1.44 bits per heavy atom. The van der Waals surface area contributed by atoms with Gasteiger partial charge in [0, 0.05) is 7.05 Å². The number of carbonyl (C=O) groups excluding carboxylic acids is 2. The van der Waals surface area contributed by atoms with Crippen molar-refractivity contribution in [2.24, 2.45) is 5.41 Å². The maximum atomic E-state index is 12.1. The first kappa shape index (κ1) is 12.7. The number of nitrogens with zero attached hydrogens (tertiary/aromatic N) is 1. The van der Waals surface area contributed by atoms with Crippen molar-refractivity contribution in [3.05, 3.63) is 17.5 Å². The van der Waals surface area contributed by atoms with Crippen molar-refractivity contribution < 1.29 is 14.3 Å². The predicted octanol–water partition coefficient (Wildman–Crippen LogP) is 1.91. The van der Waals surface area contributed by atoms with Gasteiger partial charge in [0.2, 0.25) is 5.91 Å². The third-order valence-electron chi connectivity index (χ3n) is 2.37. The Morgan fingerprint density at radius 2 is 2.06 bits per heavy atom. The predicted molar refractivity (Wildman–Crippen MR) is 63.5 cm³/mol. The van der Waals surface area contributed by atoms with Crippen LogP contribution in [0.25, 0.3) is 0 Å². The van der Waals surface area contributed by atoms with Gasteiger partial charge in [-0.3, -0.25) is 9.59 Å². The van der Waals surface area contributed by atoms with E-state index in [1.807, 2.05) is 17.5 Å². The van der Waals surface area contributed by atoms with Gasteiger partial charge in [0.1, 0.15) is 5.41 Å². The van der Waals surface area contributed by atoms with Crippen LogP contribution in [0.5, 0.6) is 0 Å². The summed E-state index contributed by atoms with van der Waals surface area (Å²) in [7, 11) is 2.93. The Hall–Kier alpha value is -1.36. The van der Waals surface area contributed by atoms with E-state index in [2.05, 4.69) is 4.74 Å². The molecular formula is C11H15NO3S. The van der Waals surface area contributed by atoms with Crippen LogP contribution < -0.4 is 4.90 Å². The molecule has 1 aromatic rings. The molecule has 0 aromatic carbocycles. The van der Waals surface area contributed by atoms with Crippen LogP contribution in [0.15, 0.2) is 17.5 Å². The molecule has 0 aliphatic carbocycles. The Bertz CT molecular complexity index is 384. The summed E-state index contributed by atoms with van der Waals surface area (Å²) in [5, 5.41) is 2.69. The van der Waals surface area contributed by atoms with E-state index < -0.39 is 11.4 Å². The molecule has 0 spiro atoms. The van der Waals surface area contributed by atoms with Gasteiger partial charge in [-0.15, -0.1) is 11.3 Å². The molecule has 0 N–H and O–H groups in total. The van der Waals surface area contributed by atoms with E-state index in [1.165, 1.54) is 23.3 Å². The minimum Gasteiger partial charge on any atom is -0.468 e. The van der Waals surface area contributed by atoms with Crippen molar-refractivity contribution in [3.8, 4) is 0 Å². The average molecular weight is 241 g/mol. The first-order valence-electron chi connectivity index (χ1n) is 4.81. The first-order valence-corrected chi connectivity index (χ1v) is 5.69. The minimum absolute atomic E-state index is 0.276. The fourth-order valence-corrected chi connectivity index (χ4v) is 2.02. The lowest BCUT2D eigenvalue weighted by Crippen LogP contribution is -2.43. The third kappa shape index (κ3) is 2.24. The quantitative estimate of drug-likeness (QED) is 0.600. The van der Waals surface area contributed by atoms with E-state index >= 15 is 0 Å². The van der Waals surface area contributed by atoms with Crippen LogP contribution in [0.4, 0.5) is 5.00 Å². The van der Waals surface area contributed by atoms with Gasteiger partial charge in [-0.25, -0.2) is 0 Å². The molecule has 16 heavy (non-hydrogen) atoms. The van der Waals surface area contributed by atoms with E-state index in [4.69, 9.17) is 0 Å². The molecule has 88 valence electrons. The Morgan fingerprint density at radius 3 is 2.50 bits per heavy atom. The summed E-state index contributed by atoms with van der Waals surface area (Å²) in [5.74, 6) is -0.803. The molecule has 0 radical (unpaired) electrons. The standard InChI is InChI=1S/C11H15NO3S/c1-11(2,10(14)15-4)9(13)12(3)8-6-5-7-16-8/h5-7H,1-4H3. The zero-order valence-electron chi connectivity index (χ0n) is 9.81. The van der Waals surface area contributed by atoms with Crippen LogP contribution >= 0.6 is 11.3 Å². The highest BCUT2D eigenvalue weighted by molar-refractivity contribution is 7.14. The second-order valence-corrected chi connectivity index (χ2v) is 4.86. The van der Waals surface area contributed by atoms with E-state index in [0.717, 1.165) is 5.00 Å². The topological polar surface area (TPSA) is 46.6 Å². The third-order valence-corrected chi connectivity index (χ3v) is 3.32. The number of thiophene rings is 1. The van der Waals surface area contributed by atoms with Gasteiger partial charge in [0.15, 0.2) is 0 Å². The van der Waals surface area contributed by atoms with Crippen molar-refractivity contribution in [3.63, 3.8) is 0 Å². The van der Waals surface area contributed by atoms with Gasteiger partial charge in [-0.1, -0.05) is 0 Å².